The first-order chi connectivity index (χ1) is 4.81. The molecule has 0 bridgehead atoms. The van der Waals surface area contributed by atoms with Gasteiger partial charge in [0.1, 0.15) is 0 Å². The van der Waals surface area contributed by atoms with E-state index in [1.165, 1.54) is 0 Å². The Balaban J connectivity index is 3.56. The number of hydrogen-bond acceptors (Lipinski definition) is 2. The highest BCUT2D eigenvalue weighted by molar-refractivity contribution is 5.07. The number of allylic oxidation sites excluding steroid dienone is 4. The van der Waals surface area contributed by atoms with Crippen LogP contribution in [0.2, 0.25) is 0 Å². The Morgan fingerprint density at radius 3 is 2.80 bits per heavy atom. The molecule has 0 amide bonds. The molecule has 58 valence electrons. The number of nitrogens with one attached hydrogen (secondary N) is 1. The van der Waals surface area contributed by atoms with Crippen LogP contribution in [0, 0.1) is 0 Å². The second kappa shape index (κ2) is 6.36. The molecule has 0 aromatic heterocycles. The Hall–Kier alpha value is -0.760. The van der Waals surface area contributed by atoms with Crippen molar-refractivity contribution in [3.8, 4) is 0 Å². The maximum absolute atomic E-state index is 4.68. The molecule has 0 aliphatic carbocycles. The molecule has 0 aromatic rings. The monoisotopic (exact) mass is 141 g/mol. The third kappa shape index (κ3) is 5.38. The first kappa shape index (κ1) is 9.24. The Kier molecular flexibility index (Phi) is 5.88. The van der Waals surface area contributed by atoms with E-state index >= 15 is 0 Å². The molecule has 0 fully saturated rings. The molecule has 0 atom stereocenters. The van der Waals surface area contributed by atoms with Crippen LogP contribution in [0.25, 0.3) is 0 Å². The zero-order valence-corrected chi connectivity index (χ0v) is 6.85. The summed E-state index contributed by atoms with van der Waals surface area (Å²) in [4.78, 5) is 4.68. The summed E-state index contributed by atoms with van der Waals surface area (Å²) in [5, 5.41) is 0. The van der Waals surface area contributed by atoms with E-state index in [2.05, 4.69) is 23.3 Å². The fourth-order valence-electron chi connectivity index (χ4n) is 0.543. The molecule has 10 heavy (non-hydrogen) atoms. The lowest BCUT2D eigenvalue weighted by atomic mass is 10.3. The quantitative estimate of drug-likeness (QED) is 0.477. The van der Waals surface area contributed by atoms with E-state index in [0.29, 0.717) is 0 Å². The molecule has 0 spiro atoms. The minimum Gasteiger partial charge on any atom is -0.280 e. The number of hydroxylamine groups is 1. The normalized spacial score (nSPS) is 12.5. The highest BCUT2D eigenvalue weighted by Crippen LogP contribution is 1.88. The van der Waals surface area contributed by atoms with Gasteiger partial charge in [0, 0.05) is 5.70 Å². The predicted molar refractivity (Wildman–Crippen MR) is 43.3 cm³/mol. The predicted octanol–water partition coefficient (Wildman–Crippen LogP) is 2.01. The van der Waals surface area contributed by atoms with Crippen LogP contribution in [0.5, 0.6) is 0 Å². The molecular formula is C8H15NO. The van der Waals surface area contributed by atoms with Gasteiger partial charge in [-0.15, -0.1) is 0 Å². The largest absolute Gasteiger partial charge is 0.280 e. The van der Waals surface area contributed by atoms with Gasteiger partial charge in [0.15, 0.2) is 0 Å². The summed E-state index contributed by atoms with van der Waals surface area (Å²) in [6, 6.07) is 0. The summed E-state index contributed by atoms with van der Waals surface area (Å²) < 4.78 is 0. The van der Waals surface area contributed by atoms with E-state index in [1.54, 1.807) is 7.11 Å². The second-order valence-corrected chi connectivity index (χ2v) is 1.99. The van der Waals surface area contributed by atoms with Gasteiger partial charge in [0.2, 0.25) is 0 Å². The van der Waals surface area contributed by atoms with Crippen LogP contribution in [0.3, 0.4) is 0 Å². The van der Waals surface area contributed by atoms with Crippen molar-refractivity contribution in [1.29, 1.82) is 0 Å². The van der Waals surface area contributed by atoms with Gasteiger partial charge in [0.05, 0.1) is 7.11 Å². The van der Waals surface area contributed by atoms with Crippen molar-refractivity contribution >= 4 is 0 Å². The summed E-state index contributed by atoms with van der Waals surface area (Å²) in [5.41, 5.74) is 3.72. The second-order valence-electron chi connectivity index (χ2n) is 1.99. The van der Waals surface area contributed by atoms with Crippen molar-refractivity contribution in [2.45, 2.75) is 20.3 Å². The van der Waals surface area contributed by atoms with Crippen molar-refractivity contribution in [1.82, 2.24) is 5.48 Å². The first-order valence-corrected chi connectivity index (χ1v) is 3.43. The first-order valence-electron chi connectivity index (χ1n) is 3.43. The molecule has 1 N–H and O–H groups in total. The van der Waals surface area contributed by atoms with E-state index in [-0.39, 0.29) is 0 Å². The maximum atomic E-state index is 4.68. The summed E-state index contributed by atoms with van der Waals surface area (Å²) in [7, 11) is 1.60. The third-order valence-corrected chi connectivity index (χ3v) is 0.981. The van der Waals surface area contributed by atoms with E-state index in [1.807, 2.05) is 19.1 Å². The summed E-state index contributed by atoms with van der Waals surface area (Å²) >= 11 is 0. The van der Waals surface area contributed by atoms with Gasteiger partial charge in [0.25, 0.3) is 0 Å². The summed E-state index contributed by atoms with van der Waals surface area (Å²) in [6.07, 6.45) is 7.12. The summed E-state index contributed by atoms with van der Waals surface area (Å²) in [5.74, 6) is 0. The van der Waals surface area contributed by atoms with Gasteiger partial charge < -0.3 is 0 Å². The Morgan fingerprint density at radius 1 is 1.60 bits per heavy atom. The maximum Gasteiger partial charge on any atom is 0.0636 e. The lowest BCUT2D eigenvalue weighted by molar-refractivity contribution is 0.118. The SMILES string of the molecule is CC/C=C\C=C(\C)NOC. The van der Waals surface area contributed by atoms with Crippen LogP contribution >= 0.6 is 0 Å². The molecule has 0 saturated carbocycles. The Morgan fingerprint density at radius 2 is 2.30 bits per heavy atom. The van der Waals surface area contributed by atoms with E-state index < -0.39 is 0 Å². The number of hydrogen-bond donors (Lipinski definition) is 1. The topological polar surface area (TPSA) is 21.3 Å². The van der Waals surface area contributed by atoms with Crippen molar-refractivity contribution in [2.24, 2.45) is 0 Å². The standard InChI is InChI=1S/C8H15NO/c1-4-5-6-7-8(2)9-10-3/h5-7,9H,4H2,1-3H3/b6-5-,8-7-. The van der Waals surface area contributed by atoms with Crippen molar-refractivity contribution in [3.05, 3.63) is 23.9 Å². The van der Waals surface area contributed by atoms with Crippen LogP contribution in [0.1, 0.15) is 20.3 Å². The number of rotatable bonds is 4. The molecular weight excluding hydrogens is 126 g/mol. The molecule has 0 unspecified atom stereocenters. The van der Waals surface area contributed by atoms with Gasteiger partial charge in [-0.25, -0.2) is 0 Å². The minimum absolute atomic E-state index is 1.01. The average molecular weight is 141 g/mol. The van der Waals surface area contributed by atoms with Crippen molar-refractivity contribution < 1.29 is 4.84 Å². The highest BCUT2D eigenvalue weighted by Gasteiger charge is 1.78. The van der Waals surface area contributed by atoms with Crippen LogP contribution < -0.4 is 5.48 Å². The lowest BCUT2D eigenvalue weighted by Gasteiger charge is -1.98. The molecule has 2 nitrogen and oxygen atoms in total. The zero-order valence-electron chi connectivity index (χ0n) is 6.85. The molecule has 0 radical (unpaired) electrons. The smallest absolute Gasteiger partial charge is 0.0636 e. The van der Waals surface area contributed by atoms with Crippen molar-refractivity contribution in [3.63, 3.8) is 0 Å². The van der Waals surface area contributed by atoms with E-state index in [0.717, 1.165) is 12.1 Å². The Bertz CT molecular complexity index is 127. The van der Waals surface area contributed by atoms with Crippen LogP contribution in [0.4, 0.5) is 0 Å². The van der Waals surface area contributed by atoms with Crippen molar-refractivity contribution in [2.75, 3.05) is 7.11 Å². The molecule has 0 aromatic carbocycles. The summed E-state index contributed by atoms with van der Waals surface area (Å²) in [6.45, 7) is 4.05. The van der Waals surface area contributed by atoms with Crippen LogP contribution in [-0.4, -0.2) is 7.11 Å². The third-order valence-electron chi connectivity index (χ3n) is 0.981. The average Bonchev–Trinajstić information content (AvgIpc) is 1.89. The van der Waals surface area contributed by atoms with Gasteiger partial charge in [-0.2, -0.15) is 0 Å². The molecule has 0 aliphatic heterocycles. The van der Waals surface area contributed by atoms with Gasteiger partial charge >= 0.3 is 0 Å². The zero-order chi connectivity index (χ0) is 7.82. The molecule has 0 rings (SSSR count). The van der Waals surface area contributed by atoms with Gasteiger partial charge in [-0.05, 0) is 19.4 Å². The minimum atomic E-state index is 1.01. The van der Waals surface area contributed by atoms with E-state index in [4.69, 9.17) is 0 Å². The van der Waals surface area contributed by atoms with E-state index in [9.17, 15) is 0 Å². The lowest BCUT2D eigenvalue weighted by Crippen LogP contribution is -2.07. The fourth-order valence-corrected chi connectivity index (χ4v) is 0.543. The van der Waals surface area contributed by atoms with Gasteiger partial charge in [-0.3, -0.25) is 10.3 Å². The highest BCUT2D eigenvalue weighted by atomic mass is 16.6. The molecule has 0 aliphatic rings. The van der Waals surface area contributed by atoms with Crippen LogP contribution in [0.15, 0.2) is 23.9 Å². The molecule has 2 heteroatoms. The molecule has 0 saturated heterocycles. The fraction of sp³-hybridized carbons (Fsp3) is 0.500. The van der Waals surface area contributed by atoms with Gasteiger partial charge in [-0.1, -0.05) is 19.1 Å². The Labute approximate surface area is 62.5 Å². The van der Waals surface area contributed by atoms with Crippen LogP contribution in [-0.2, 0) is 4.84 Å². The molecule has 0 heterocycles.